The summed E-state index contributed by atoms with van der Waals surface area (Å²) in [5.74, 6) is 0. The summed E-state index contributed by atoms with van der Waals surface area (Å²) in [4.78, 5) is 0.0756. The molecule has 0 aromatic heterocycles. The van der Waals surface area contributed by atoms with Crippen molar-refractivity contribution in [3.05, 3.63) is 24.3 Å². The third kappa shape index (κ3) is 4.33. The first kappa shape index (κ1) is 15.0. The second-order valence-corrected chi connectivity index (χ2v) is 3.68. The Kier molecular flexibility index (Phi) is 6.10. The van der Waals surface area contributed by atoms with Gasteiger partial charge >= 0.3 is 0 Å². The van der Waals surface area contributed by atoms with Crippen molar-refractivity contribution in [2.24, 2.45) is 5.14 Å². The fraction of sp³-hybridized carbons (Fsp3) is 0. The zero-order valence-electron chi connectivity index (χ0n) is 6.51. The van der Waals surface area contributed by atoms with Gasteiger partial charge in [-0.25, -0.2) is 13.6 Å². The van der Waals surface area contributed by atoms with E-state index in [0.29, 0.717) is 5.69 Å². The van der Waals surface area contributed by atoms with Crippen molar-refractivity contribution >= 4 is 40.5 Å². The van der Waals surface area contributed by atoms with Crippen molar-refractivity contribution in [2.45, 2.75) is 4.90 Å². The summed E-state index contributed by atoms with van der Waals surface area (Å²) < 4.78 is 21.4. The minimum Gasteiger partial charge on any atom is -0.399 e. The molecule has 13 heavy (non-hydrogen) atoms. The molecule has 0 aliphatic heterocycles. The second-order valence-electron chi connectivity index (χ2n) is 2.11. The zero-order chi connectivity index (χ0) is 8.48. The number of nitrogen functional groups attached to an aromatic ring is 1. The van der Waals surface area contributed by atoms with Crippen LogP contribution in [0.4, 0.5) is 5.69 Å². The average Bonchev–Trinajstić information content (AvgIpc) is 1.86. The van der Waals surface area contributed by atoms with Gasteiger partial charge in [0.15, 0.2) is 0 Å². The molecule has 0 aliphatic carbocycles. The van der Waals surface area contributed by atoms with Crippen LogP contribution in [0.25, 0.3) is 0 Å². The number of hydrogen-bond acceptors (Lipinski definition) is 3. The summed E-state index contributed by atoms with van der Waals surface area (Å²) in [6.45, 7) is 0. The third-order valence-corrected chi connectivity index (χ3v) is 2.14. The Labute approximate surface area is 89.2 Å². The molecule has 0 amide bonds. The summed E-state index contributed by atoms with van der Waals surface area (Å²) in [6.07, 6.45) is 0. The van der Waals surface area contributed by atoms with E-state index in [4.69, 9.17) is 10.9 Å². The fourth-order valence-corrected chi connectivity index (χ4v) is 1.17. The highest BCUT2D eigenvalue weighted by Gasteiger charge is 2.04. The first-order valence-corrected chi connectivity index (χ1v) is 4.43. The van der Waals surface area contributed by atoms with Crippen molar-refractivity contribution in [1.29, 1.82) is 0 Å². The molecule has 0 aliphatic rings. The van der Waals surface area contributed by atoms with E-state index in [1.807, 2.05) is 0 Å². The van der Waals surface area contributed by atoms with Crippen LogP contribution >= 0.6 is 24.8 Å². The highest BCUT2D eigenvalue weighted by Crippen LogP contribution is 2.08. The third-order valence-electron chi connectivity index (χ3n) is 1.21. The minimum atomic E-state index is -3.58. The van der Waals surface area contributed by atoms with Crippen LogP contribution in [0.1, 0.15) is 0 Å². The Balaban J connectivity index is 0. The van der Waals surface area contributed by atoms with Crippen LogP contribution in [0.2, 0.25) is 0 Å². The van der Waals surface area contributed by atoms with Gasteiger partial charge < -0.3 is 5.73 Å². The van der Waals surface area contributed by atoms with Gasteiger partial charge in [-0.3, -0.25) is 0 Å². The molecule has 0 fully saturated rings. The summed E-state index contributed by atoms with van der Waals surface area (Å²) in [7, 11) is -3.58. The first-order valence-electron chi connectivity index (χ1n) is 2.88. The molecule has 7 heteroatoms. The molecule has 0 saturated carbocycles. The predicted octanol–water partition coefficient (Wildman–Crippen LogP) is 0.760. The van der Waals surface area contributed by atoms with Crippen LogP contribution in [-0.2, 0) is 10.0 Å². The Morgan fingerprint density at radius 3 is 1.69 bits per heavy atom. The van der Waals surface area contributed by atoms with Gasteiger partial charge in [-0.15, -0.1) is 24.8 Å². The lowest BCUT2D eigenvalue weighted by Crippen LogP contribution is -2.11. The van der Waals surface area contributed by atoms with Crippen molar-refractivity contribution in [2.75, 3.05) is 5.73 Å². The number of anilines is 1. The summed E-state index contributed by atoms with van der Waals surface area (Å²) >= 11 is 0. The summed E-state index contributed by atoms with van der Waals surface area (Å²) in [5, 5.41) is 4.84. The number of hydrogen-bond donors (Lipinski definition) is 2. The van der Waals surface area contributed by atoms with Gasteiger partial charge in [-0.05, 0) is 24.3 Å². The second kappa shape index (κ2) is 5.29. The van der Waals surface area contributed by atoms with Crippen molar-refractivity contribution < 1.29 is 8.42 Å². The fourth-order valence-electron chi connectivity index (χ4n) is 0.658. The van der Waals surface area contributed by atoms with E-state index in [1.165, 1.54) is 24.3 Å². The molecular formula is C6H10Cl2N2O2S. The Bertz CT molecular complexity index is 349. The number of benzene rings is 1. The number of sulfonamides is 1. The molecule has 1 aromatic carbocycles. The van der Waals surface area contributed by atoms with E-state index in [9.17, 15) is 8.42 Å². The average molecular weight is 245 g/mol. The maximum atomic E-state index is 10.7. The van der Waals surface area contributed by atoms with Gasteiger partial charge in [0.1, 0.15) is 0 Å². The van der Waals surface area contributed by atoms with Gasteiger partial charge in [0.05, 0.1) is 4.90 Å². The van der Waals surface area contributed by atoms with Crippen LogP contribution in [0.3, 0.4) is 0 Å². The van der Waals surface area contributed by atoms with Crippen molar-refractivity contribution in [3.8, 4) is 0 Å². The quantitative estimate of drug-likeness (QED) is 0.716. The SMILES string of the molecule is Cl.Cl.Nc1ccc(S(N)(=O)=O)cc1. The van der Waals surface area contributed by atoms with Gasteiger partial charge in [0.2, 0.25) is 10.0 Å². The molecule has 0 atom stereocenters. The Morgan fingerprint density at radius 1 is 1.00 bits per heavy atom. The lowest BCUT2D eigenvalue weighted by Gasteiger charge is -1.96. The van der Waals surface area contributed by atoms with Gasteiger partial charge in [-0.1, -0.05) is 0 Å². The monoisotopic (exact) mass is 244 g/mol. The topological polar surface area (TPSA) is 86.2 Å². The number of primary sulfonamides is 1. The Hall–Kier alpha value is -0.490. The highest BCUT2D eigenvalue weighted by atomic mass is 35.5. The van der Waals surface area contributed by atoms with E-state index in [2.05, 4.69) is 0 Å². The smallest absolute Gasteiger partial charge is 0.238 e. The predicted molar refractivity (Wildman–Crippen MR) is 56.7 cm³/mol. The molecule has 0 radical (unpaired) electrons. The molecule has 76 valence electrons. The molecule has 0 bridgehead atoms. The molecule has 4 N–H and O–H groups in total. The van der Waals surface area contributed by atoms with Crippen molar-refractivity contribution in [3.63, 3.8) is 0 Å². The van der Waals surface area contributed by atoms with Crippen molar-refractivity contribution in [1.82, 2.24) is 0 Å². The van der Waals surface area contributed by atoms with Gasteiger partial charge in [-0.2, -0.15) is 0 Å². The van der Waals surface area contributed by atoms with E-state index in [0.717, 1.165) is 0 Å². The lowest BCUT2D eigenvalue weighted by molar-refractivity contribution is 0.598. The maximum absolute atomic E-state index is 10.7. The molecule has 1 rings (SSSR count). The minimum absolute atomic E-state index is 0. The molecule has 1 aromatic rings. The van der Waals surface area contributed by atoms with E-state index < -0.39 is 10.0 Å². The summed E-state index contributed by atoms with van der Waals surface area (Å²) in [5.41, 5.74) is 5.85. The molecule has 0 spiro atoms. The summed E-state index contributed by atoms with van der Waals surface area (Å²) in [6, 6.07) is 5.70. The lowest BCUT2D eigenvalue weighted by atomic mass is 10.3. The van der Waals surface area contributed by atoms with E-state index >= 15 is 0 Å². The zero-order valence-corrected chi connectivity index (χ0v) is 8.95. The molecule has 0 saturated heterocycles. The van der Waals surface area contributed by atoms with E-state index in [1.54, 1.807) is 0 Å². The van der Waals surface area contributed by atoms with Crippen LogP contribution in [0, 0.1) is 0 Å². The molecule has 4 nitrogen and oxygen atoms in total. The van der Waals surface area contributed by atoms with Crippen LogP contribution in [-0.4, -0.2) is 8.42 Å². The standard InChI is InChI=1S/C6H8N2O2S.2ClH/c7-5-1-3-6(4-2-5)11(8,9)10;;/h1-4H,7H2,(H2,8,9,10);2*1H. The first-order chi connectivity index (χ1) is 5.00. The van der Waals surface area contributed by atoms with Gasteiger partial charge in [0.25, 0.3) is 0 Å². The van der Waals surface area contributed by atoms with Crippen LogP contribution < -0.4 is 10.9 Å². The van der Waals surface area contributed by atoms with Crippen LogP contribution in [0.15, 0.2) is 29.2 Å². The largest absolute Gasteiger partial charge is 0.399 e. The van der Waals surface area contributed by atoms with Crippen LogP contribution in [0.5, 0.6) is 0 Å². The molecule has 0 unspecified atom stereocenters. The maximum Gasteiger partial charge on any atom is 0.238 e. The normalized spacial score (nSPS) is 9.62. The molecule has 0 heterocycles. The van der Waals surface area contributed by atoms with E-state index in [-0.39, 0.29) is 29.7 Å². The number of rotatable bonds is 1. The Morgan fingerprint density at radius 2 is 1.38 bits per heavy atom. The highest BCUT2D eigenvalue weighted by molar-refractivity contribution is 7.89. The van der Waals surface area contributed by atoms with Gasteiger partial charge in [0, 0.05) is 5.69 Å². The number of halogens is 2. The molecular weight excluding hydrogens is 235 g/mol. The number of nitrogens with two attached hydrogens (primary N) is 2.